The highest BCUT2D eigenvalue weighted by atomic mass is 32.2. The van der Waals surface area contributed by atoms with Crippen molar-refractivity contribution in [2.75, 3.05) is 12.0 Å². The number of hydrogen-bond donors (Lipinski definition) is 2. The quantitative estimate of drug-likeness (QED) is 0.682. The molecule has 0 radical (unpaired) electrons. The van der Waals surface area contributed by atoms with Crippen LogP contribution in [0.15, 0.2) is 29.4 Å². The molecule has 3 aromatic rings. The van der Waals surface area contributed by atoms with Crippen LogP contribution < -0.4 is 16.2 Å². The van der Waals surface area contributed by atoms with Crippen molar-refractivity contribution in [3.05, 3.63) is 35.0 Å². The normalized spacial score (nSPS) is 12.2. The number of nitrogens with two attached hydrogens (primary N) is 2. The number of rotatable bonds is 4. The van der Waals surface area contributed by atoms with Gasteiger partial charge >= 0.3 is 0 Å². The minimum Gasteiger partial charge on any atom is -0.438 e. The summed E-state index contributed by atoms with van der Waals surface area (Å²) in [7, 11) is -1.48. The molecule has 10 heteroatoms. The van der Waals surface area contributed by atoms with E-state index in [0.29, 0.717) is 16.0 Å². The summed E-state index contributed by atoms with van der Waals surface area (Å²) in [5.41, 5.74) is 11.3. The summed E-state index contributed by atoms with van der Waals surface area (Å²) in [5.74, 6) is -0.799. The van der Waals surface area contributed by atoms with E-state index in [9.17, 15) is 13.4 Å². The van der Waals surface area contributed by atoms with Crippen LogP contribution in [0.25, 0.3) is 10.2 Å². The van der Waals surface area contributed by atoms with Crippen molar-refractivity contribution < 1.29 is 18.1 Å². The first kappa shape index (κ1) is 16.3. The molecule has 1 aromatic carbocycles. The Morgan fingerprint density at radius 1 is 1.29 bits per heavy atom. The molecule has 0 saturated carbocycles. The van der Waals surface area contributed by atoms with Crippen molar-refractivity contribution in [3.8, 4) is 11.6 Å². The van der Waals surface area contributed by atoms with Crippen LogP contribution in [-0.4, -0.2) is 26.3 Å². The second-order valence-electron chi connectivity index (χ2n) is 4.71. The van der Waals surface area contributed by atoms with E-state index in [1.807, 2.05) is 0 Å². The van der Waals surface area contributed by atoms with E-state index in [0.717, 1.165) is 11.3 Å². The van der Waals surface area contributed by atoms with Gasteiger partial charge in [-0.3, -0.25) is 9.00 Å². The number of benzene rings is 1. The summed E-state index contributed by atoms with van der Waals surface area (Å²) in [6.45, 7) is 0. The number of hydrogen-bond acceptors (Lipinski definition) is 7. The minimum absolute atomic E-state index is 0.0249. The van der Waals surface area contributed by atoms with Crippen LogP contribution in [0.5, 0.6) is 11.6 Å². The van der Waals surface area contributed by atoms with Gasteiger partial charge in [0.05, 0.1) is 21.9 Å². The van der Waals surface area contributed by atoms with Crippen LogP contribution in [-0.2, 0) is 10.8 Å². The number of carbonyl (C=O) groups is 1. The predicted molar refractivity (Wildman–Crippen MR) is 89.2 cm³/mol. The highest BCUT2D eigenvalue weighted by molar-refractivity contribution is 7.84. The molecular formula is C14H11FN4O3S2. The molecular weight excluding hydrogens is 355 g/mol. The number of nitrogen functional groups attached to an aromatic ring is 1. The van der Waals surface area contributed by atoms with E-state index in [1.54, 1.807) is 0 Å². The van der Waals surface area contributed by atoms with Crippen molar-refractivity contribution in [3.63, 3.8) is 0 Å². The molecule has 3 rings (SSSR count). The second kappa shape index (κ2) is 6.13. The number of anilines is 1. The predicted octanol–water partition coefficient (Wildman–Crippen LogP) is 2.04. The molecule has 4 N–H and O–H groups in total. The second-order valence-corrected chi connectivity index (χ2v) is 6.98. The molecule has 0 fully saturated rings. The molecule has 1 atom stereocenters. The average Bonchev–Trinajstić information content (AvgIpc) is 2.87. The van der Waals surface area contributed by atoms with Crippen LogP contribution in [0.2, 0.25) is 0 Å². The number of nitrogens with zero attached hydrogens (tertiary/aromatic N) is 2. The van der Waals surface area contributed by atoms with Crippen LogP contribution in [0, 0.1) is 5.82 Å². The lowest BCUT2D eigenvalue weighted by Crippen LogP contribution is -2.10. The van der Waals surface area contributed by atoms with Gasteiger partial charge in [-0.25, -0.2) is 9.37 Å². The van der Waals surface area contributed by atoms with E-state index in [1.165, 1.54) is 30.5 Å². The number of primary amides is 1. The van der Waals surface area contributed by atoms with Gasteiger partial charge in [0.1, 0.15) is 21.3 Å². The molecule has 124 valence electrons. The number of aromatic nitrogens is 2. The summed E-state index contributed by atoms with van der Waals surface area (Å²) >= 11 is 0.966. The van der Waals surface area contributed by atoms with Gasteiger partial charge in [0, 0.05) is 6.26 Å². The summed E-state index contributed by atoms with van der Waals surface area (Å²) < 4.78 is 30.4. The standard InChI is InChI=1S/C14H11FN4O3S2/c1-24(21)14-18-12(22-7-4-2-6(15)3-5-7)8-9(16)10(11(17)20)23-13(8)19-14/h2-5H,16H2,1H3,(H2,17,20). The maximum absolute atomic E-state index is 13.0. The lowest BCUT2D eigenvalue weighted by Gasteiger charge is -2.07. The highest BCUT2D eigenvalue weighted by Crippen LogP contribution is 2.39. The molecule has 0 bridgehead atoms. The van der Waals surface area contributed by atoms with Gasteiger partial charge in [0.25, 0.3) is 5.91 Å². The molecule has 0 aliphatic heterocycles. The Morgan fingerprint density at radius 3 is 2.54 bits per heavy atom. The molecule has 2 aromatic heterocycles. The number of fused-ring (bicyclic) bond motifs is 1. The summed E-state index contributed by atoms with van der Waals surface area (Å²) in [4.78, 5) is 20.2. The molecule has 0 saturated heterocycles. The topological polar surface area (TPSA) is 121 Å². The van der Waals surface area contributed by atoms with Crippen molar-refractivity contribution in [1.29, 1.82) is 0 Å². The number of thiophene rings is 1. The fourth-order valence-electron chi connectivity index (χ4n) is 1.97. The molecule has 7 nitrogen and oxygen atoms in total. The monoisotopic (exact) mass is 366 g/mol. The van der Waals surface area contributed by atoms with Gasteiger partial charge in [0.2, 0.25) is 11.0 Å². The first-order valence-corrected chi connectivity index (χ1v) is 8.91. The van der Waals surface area contributed by atoms with Gasteiger partial charge in [-0.05, 0) is 24.3 Å². The van der Waals surface area contributed by atoms with E-state index in [2.05, 4.69) is 9.97 Å². The van der Waals surface area contributed by atoms with E-state index in [4.69, 9.17) is 16.2 Å². The third-order valence-electron chi connectivity index (χ3n) is 3.04. The maximum atomic E-state index is 13.0. The highest BCUT2D eigenvalue weighted by Gasteiger charge is 2.22. The lowest BCUT2D eigenvalue weighted by atomic mass is 10.3. The van der Waals surface area contributed by atoms with Gasteiger partial charge in [-0.15, -0.1) is 11.3 Å². The van der Waals surface area contributed by atoms with Gasteiger partial charge in [-0.2, -0.15) is 4.98 Å². The third kappa shape index (κ3) is 2.93. The Labute approximate surface area is 141 Å². The molecule has 0 aliphatic rings. The number of amides is 1. The van der Waals surface area contributed by atoms with Gasteiger partial charge in [0.15, 0.2) is 0 Å². The van der Waals surface area contributed by atoms with Crippen molar-refractivity contribution in [1.82, 2.24) is 9.97 Å². The van der Waals surface area contributed by atoms with E-state index < -0.39 is 22.5 Å². The molecule has 0 spiro atoms. The van der Waals surface area contributed by atoms with Crippen LogP contribution in [0.1, 0.15) is 9.67 Å². The zero-order valence-electron chi connectivity index (χ0n) is 12.3. The number of carbonyl (C=O) groups excluding carboxylic acids is 1. The van der Waals surface area contributed by atoms with Crippen LogP contribution in [0.3, 0.4) is 0 Å². The lowest BCUT2D eigenvalue weighted by molar-refractivity contribution is 0.100. The summed E-state index contributed by atoms with van der Waals surface area (Å²) in [6, 6.07) is 5.25. The van der Waals surface area contributed by atoms with Crippen molar-refractivity contribution >= 4 is 43.9 Å². The minimum atomic E-state index is -1.48. The Hall–Kier alpha value is -2.59. The molecule has 2 heterocycles. The molecule has 0 aliphatic carbocycles. The fraction of sp³-hybridized carbons (Fsp3) is 0.0714. The zero-order valence-corrected chi connectivity index (χ0v) is 13.9. The van der Waals surface area contributed by atoms with Crippen LogP contribution in [0.4, 0.5) is 10.1 Å². The average molecular weight is 366 g/mol. The molecule has 1 unspecified atom stereocenters. The summed E-state index contributed by atoms with van der Waals surface area (Å²) in [6.07, 6.45) is 1.41. The van der Waals surface area contributed by atoms with E-state index in [-0.39, 0.29) is 21.6 Å². The van der Waals surface area contributed by atoms with E-state index >= 15 is 0 Å². The van der Waals surface area contributed by atoms with Gasteiger partial charge in [-0.1, -0.05) is 0 Å². The fourth-order valence-corrected chi connectivity index (χ4v) is 3.40. The SMILES string of the molecule is CS(=O)c1nc(Oc2ccc(F)cc2)c2c(N)c(C(N)=O)sc2n1. The van der Waals surface area contributed by atoms with Crippen molar-refractivity contribution in [2.45, 2.75) is 5.16 Å². The van der Waals surface area contributed by atoms with Crippen LogP contribution >= 0.6 is 11.3 Å². The largest absolute Gasteiger partial charge is 0.438 e. The van der Waals surface area contributed by atoms with Crippen molar-refractivity contribution in [2.24, 2.45) is 5.73 Å². The number of halogens is 1. The first-order chi connectivity index (χ1) is 11.4. The molecule has 1 amide bonds. The third-order valence-corrected chi connectivity index (χ3v) is 4.85. The van der Waals surface area contributed by atoms with Gasteiger partial charge < -0.3 is 16.2 Å². The number of ether oxygens (including phenoxy) is 1. The molecule has 24 heavy (non-hydrogen) atoms. The smallest absolute Gasteiger partial charge is 0.260 e. The maximum Gasteiger partial charge on any atom is 0.260 e. The zero-order chi connectivity index (χ0) is 17.4. The Balaban J connectivity index is 2.21. The Morgan fingerprint density at radius 2 is 1.96 bits per heavy atom. The first-order valence-electron chi connectivity index (χ1n) is 6.53. The summed E-state index contributed by atoms with van der Waals surface area (Å²) in [5, 5.41) is 0.323. The Bertz CT molecular complexity index is 972. The Kier molecular flexibility index (Phi) is 4.16.